The minimum absolute atomic E-state index is 0.199. The van der Waals surface area contributed by atoms with Crippen LogP contribution >= 0.6 is 0 Å². The lowest BCUT2D eigenvalue weighted by Crippen LogP contribution is -2.38. The van der Waals surface area contributed by atoms with Crippen LogP contribution in [0.1, 0.15) is 12.8 Å². The van der Waals surface area contributed by atoms with Gasteiger partial charge in [-0.2, -0.15) is 5.10 Å². The lowest BCUT2D eigenvalue weighted by molar-refractivity contribution is -0.121. The fourth-order valence-electron chi connectivity index (χ4n) is 2.20. The van der Waals surface area contributed by atoms with E-state index >= 15 is 0 Å². The maximum Gasteiger partial charge on any atom is 0.294 e. The first-order valence-electron chi connectivity index (χ1n) is 6.85. The number of hydrogen-bond acceptors (Lipinski definition) is 5. The summed E-state index contributed by atoms with van der Waals surface area (Å²) in [5.41, 5.74) is 2.62. The smallest absolute Gasteiger partial charge is 0.294 e. The van der Waals surface area contributed by atoms with Crippen LogP contribution < -0.4 is 16.3 Å². The molecule has 0 spiro atoms. The summed E-state index contributed by atoms with van der Waals surface area (Å²) in [6, 6.07) is 3.50. The van der Waals surface area contributed by atoms with Crippen LogP contribution in [-0.2, 0) is 16.1 Å². The van der Waals surface area contributed by atoms with E-state index in [1.165, 1.54) is 10.8 Å². The fourth-order valence-corrected chi connectivity index (χ4v) is 2.20. The molecule has 8 heteroatoms. The van der Waals surface area contributed by atoms with E-state index in [1.807, 2.05) is 0 Å². The van der Waals surface area contributed by atoms with E-state index in [4.69, 9.17) is 4.42 Å². The van der Waals surface area contributed by atoms with Crippen LogP contribution in [-0.4, -0.2) is 28.6 Å². The molecule has 0 aromatic carbocycles. The van der Waals surface area contributed by atoms with Gasteiger partial charge in [0, 0.05) is 37.5 Å². The van der Waals surface area contributed by atoms with Gasteiger partial charge in [-0.15, -0.1) is 0 Å². The fraction of sp³-hybridized carbons (Fsp3) is 0.286. The lowest BCUT2D eigenvalue weighted by Gasteiger charge is -2.12. The Morgan fingerprint density at radius 1 is 1.36 bits per heavy atom. The van der Waals surface area contributed by atoms with Gasteiger partial charge < -0.3 is 14.3 Å². The normalized spacial score (nSPS) is 14.5. The molecule has 0 saturated carbocycles. The Morgan fingerprint density at radius 2 is 2.23 bits per heavy atom. The quantitative estimate of drug-likeness (QED) is 0.827. The molecule has 22 heavy (non-hydrogen) atoms. The number of fused-ring (bicyclic) bond motifs is 1. The lowest BCUT2D eigenvalue weighted by atomic mass is 10.1. The van der Waals surface area contributed by atoms with Crippen LogP contribution in [0.4, 0.5) is 0 Å². The number of carbonyl (C=O) groups excluding carboxylic acids is 2. The monoisotopic (exact) mass is 302 g/mol. The Kier molecular flexibility index (Phi) is 3.73. The van der Waals surface area contributed by atoms with Crippen molar-refractivity contribution in [3.05, 3.63) is 34.9 Å². The van der Waals surface area contributed by atoms with Gasteiger partial charge in [0.1, 0.15) is 5.71 Å². The first kappa shape index (κ1) is 14.1. The number of amides is 2. The molecule has 0 atom stereocenters. The molecule has 0 bridgehead atoms. The Balaban J connectivity index is 1.60. The van der Waals surface area contributed by atoms with Crippen molar-refractivity contribution >= 4 is 28.5 Å². The van der Waals surface area contributed by atoms with Gasteiger partial charge in [-0.3, -0.25) is 14.4 Å². The zero-order valence-electron chi connectivity index (χ0n) is 11.7. The molecule has 0 fully saturated rings. The number of hydrazone groups is 1. The number of aromatic nitrogens is 1. The molecule has 2 aromatic rings. The minimum Gasteiger partial charge on any atom is -0.459 e. The van der Waals surface area contributed by atoms with E-state index in [0.29, 0.717) is 18.5 Å². The van der Waals surface area contributed by atoms with Crippen molar-refractivity contribution in [2.75, 3.05) is 6.54 Å². The average Bonchev–Trinajstić information content (AvgIpc) is 2.99. The summed E-state index contributed by atoms with van der Waals surface area (Å²) in [6.45, 7) is 0.596. The van der Waals surface area contributed by atoms with Crippen molar-refractivity contribution in [3.63, 3.8) is 0 Å². The molecule has 2 N–H and O–H groups in total. The Labute approximate surface area is 124 Å². The summed E-state index contributed by atoms with van der Waals surface area (Å²) in [5, 5.41) is 7.13. The SMILES string of the molecule is O=C1CCC(C(=O)NCCn2ccc3ccoc3c2=O)=NN1. The highest BCUT2D eigenvalue weighted by Crippen LogP contribution is 2.09. The predicted octanol–water partition coefficient (Wildman–Crippen LogP) is -0.0233. The van der Waals surface area contributed by atoms with Gasteiger partial charge in [0.15, 0.2) is 5.58 Å². The topological polar surface area (TPSA) is 106 Å². The number of hydrogen-bond donors (Lipinski definition) is 2. The predicted molar refractivity (Wildman–Crippen MR) is 78.3 cm³/mol. The van der Waals surface area contributed by atoms with E-state index in [-0.39, 0.29) is 36.1 Å². The molecule has 2 aromatic heterocycles. The van der Waals surface area contributed by atoms with Gasteiger partial charge in [-0.25, -0.2) is 5.43 Å². The van der Waals surface area contributed by atoms with Crippen LogP contribution in [0.2, 0.25) is 0 Å². The van der Waals surface area contributed by atoms with E-state index in [1.54, 1.807) is 18.3 Å². The molecule has 1 aliphatic heterocycles. The summed E-state index contributed by atoms with van der Waals surface area (Å²) < 4.78 is 6.61. The molecule has 0 radical (unpaired) electrons. The molecule has 0 saturated heterocycles. The van der Waals surface area contributed by atoms with Crippen LogP contribution in [0, 0.1) is 0 Å². The standard InChI is InChI=1S/C14H14N4O4/c19-11-2-1-10(16-17-11)13(20)15-5-7-18-6-3-9-4-8-22-12(9)14(18)21/h3-4,6,8H,1-2,5,7H2,(H,15,20)(H,17,19). The highest BCUT2D eigenvalue weighted by Gasteiger charge is 2.17. The molecule has 1 aliphatic rings. The summed E-state index contributed by atoms with van der Waals surface area (Å²) in [4.78, 5) is 34.9. The minimum atomic E-state index is -0.341. The van der Waals surface area contributed by atoms with Gasteiger partial charge in [0.2, 0.25) is 5.91 Å². The van der Waals surface area contributed by atoms with Crippen LogP contribution in [0.3, 0.4) is 0 Å². The number of pyridine rings is 1. The Bertz CT molecular complexity index is 818. The summed E-state index contributed by atoms with van der Waals surface area (Å²) in [6.07, 6.45) is 3.69. The number of nitrogens with zero attached hydrogens (tertiary/aromatic N) is 2. The molecule has 8 nitrogen and oxygen atoms in total. The third-order valence-corrected chi connectivity index (χ3v) is 3.39. The van der Waals surface area contributed by atoms with E-state index in [0.717, 1.165) is 5.39 Å². The molecule has 3 rings (SSSR count). The first-order chi connectivity index (χ1) is 10.6. The van der Waals surface area contributed by atoms with Crippen molar-refractivity contribution in [2.45, 2.75) is 19.4 Å². The molecule has 2 amide bonds. The number of carbonyl (C=O) groups is 2. The number of nitrogens with one attached hydrogen (secondary N) is 2. The van der Waals surface area contributed by atoms with E-state index in [2.05, 4.69) is 15.8 Å². The second kappa shape index (κ2) is 5.84. The second-order valence-electron chi connectivity index (χ2n) is 4.87. The molecule has 3 heterocycles. The molecular weight excluding hydrogens is 288 g/mol. The molecule has 0 aliphatic carbocycles. The van der Waals surface area contributed by atoms with E-state index in [9.17, 15) is 14.4 Å². The Hall–Kier alpha value is -2.90. The summed E-state index contributed by atoms with van der Waals surface area (Å²) >= 11 is 0. The van der Waals surface area contributed by atoms with Gasteiger partial charge in [-0.05, 0) is 12.1 Å². The van der Waals surface area contributed by atoms with Crippen molar-refractivity contribution in [2.24, 2.45) is 5.10 Å². The molecule has 0 unspecified atom stereocenters. The zero-order chi connectivity index (χ0) is 15.5. The maximum atomic E-state index is 12.1. The number of furan rings is 1. The van der Waals surface area contributed by atoms with Crippen molar-refractivity contribution in [1.29, 1.82) is 0 Å². The van der Waals surface area contributed by atoms with Gasteiger partial charge in [0.25, 0.3) is 11.5 Å². The highest BCUT2D eigenvalue weighted by molar-refractivity contribution is 6.39. The largest absolute Gasteiger partial charge is 0.459 e. The van der Waals surface area contributed by atoms with Crippen LogP contribution in [0.5, 0.6) is 0 Å². The zero-order valence-corrected chi connectivity index (χ0v) is 11.7. The third kappa shape index (κ3) is 2.76. The second-order valence-corrected chi connectivity index (χ2v) is 4.87. The third-order valence-electron chi connectivity index (χ3n) is 3.39. The van der Waals surface area contributed by atoms with Crippen LogP contribution in [0.25, 0.3) is 11.0 Å². The van der Waals surface area contributed by atoms with Crippen LogP contribution in [0.15, 0.2) is 38.9 Å². The molecular formula is C14H14N4O4. The van der Waals surface area contributed by atoms with Crippen molar-refractivity contribution in [1.82, 2.24) is 15.3 Å². The van der Waals surface area contributed by atoms with Crippen molar-refractivity contribution in [3.8, 4) is 0 Å². The van der Waals surface area contributed by atoms with E-state index < -0.39 is 0 Å². The Morgan fingerprint density at radius 3 is 3.00 bits per heavy atom. The van der Waals surface area contributed by atoms with Crippen molar-refractivity contribution < 1.29 is 14.0 Å². The number of rotatable bonds is 4. The summed E-state index contributed by atoms with van der Waals surface area (Å²) in [5.74, 6) is -0.540. The first-order valence-corrected chi connectivity index (χ1v) is 6.85. The summed E-state index contributed by atoms with van der Waals surface area (Å²) in [7, 11) is 0. The van der Waals surface area contributed by atoms with Gasteiger partial charge >= 0.3 is 0 Å². The van der Waals surface area contributed by atoms with Gasteiger partial charge in [-0.1, -0.05) is 0 Å². The average molecular weight is 302 g/mol. The highest BCUT2D eigenvalue weighted by atomic mass is 16.3. The maximum absolute atomic E-state index is 12.1. The molecule has 114 valence electrons. The van der Waals surface area contributed by atoms with Gasteiger partial charge in [0.05, 0.1) is 6.26 Å².